The van der Waals surface area contributed by atoms with Gasteiger partial charge in [-0.25, -0.2) is 0 Å². The van der Waals surface area contributed by atoms with E-state index in [9.17, 15) is 14.9 Å². The maximum absolute atomic E-state index is 12.7. The Bertz CT molecular complexity index is 1380. The smallest absolute Gasteiger partial charge is 0.266 e. The van der Waals surface area contributed by atoms with Gasteiger partial charge in [-0.1, -0.05) is 35.9 Å². The second-order valence-corrected chi connectivity index (χ2v) is 9.34. The minimum absolute atomic E-state index is 0.0686. The van der Waals surface area contributed by atoms with Gasteiger partial charge in [0.25, 0.3) is 11.8 Å². The second-order valence-electron chi connectivity index (χ2n) is 7.77. The number of carbonyl (C=O) groups is 2. The summed E-state index contributed by atoms with van der Waals surface area (Å²) in [6.45, 7) is 3.49. The number of anilines is 2. The third-order valence-electron chi connectivity index (χ3n) is 5.12. The first-order valence-electron chi connectivity index (χ1n) is 10.8. The molecule has 3 aromatic carbocycles. The van der Waals surface area contributed by atoms with Gasteiger partial charge in [0.05, 0.1) is 10.7 Å². The summed E-state index contributed by atoms with van der Waals surface area (Å²) in [5.41, 5.74) is 3.49. The van der Waals surface area contributed by atoms with E-state index in [4.69, 9.17) is 21.1 Å². The van der Waals surface area contributed by atoms with E-state index in [0.29, 0.717) is 37.0 Å². The molecule has 0 spiro atoms. The van der Waals surface area contributed by atoms with Gasteiger partial charge < -0.3 is 20.1 Å². The number of nitrogens with one attached hydrogen (secondary N) is 2. The SMILES string of the molecule is COc1cc(/C=C(/C#N)C(=O)Nc2ccccc2C)cc(I)c1OCC(=O)Nc1ccc(C)c(Cl)c1. The number of para-hydroxylation sites is 1. The van der Waals surface area contributed by atoms with Crippen molar-refractivity contribution in [2.75, 3.05) is 24.4 Å². The molecule has 7 nitrogen and oxygen atoms in total. The Labute approximate surface area is 228 Å². The second kappa shape index (κ2) is 12.4. The summed E-state index contributed by atoms with van der Waals surface area (Å²) < 4.78 is 11.8. The van der Waals surface area contributed by atoms with Crippen LogP contribution in [0.2, 0.25) is 5.02 Å². The number of hydrogen-bond donors (Lipinski definition) is 2. The Morgan fingerprint density at radius 2 is 1.83 bits per heavy atom. The summed E-state index contributed by atoms with van der Waals surface area (Å²) in [4.78, 5) is 25.0. The lowest BCUT2D eigenvalue weighted by Gasteiger charge is -2.14. The minimum Gasteiger partial charge on any atom is -0.493 e. The Morgan fingerprint density at radius 1 is 1.08 bits per heavy atom. The van der Waals surface area contributed by atoms with Crippen LogP contribution in [0.25, 0.3) is 6.08 Å². The van der Waals surface area contributed by atoms with Crippen molar-refractivity contribution in [3.8, 4) is 17.6 Å². The molecule has 2 amide bonds. The fourth-order valence-corrected chi connectivity index (χ4v) is 4.15. The highest BCUT2D eigenvalue weighted by molar-refractivity contribution is 14.1. The van der Waals surface area contributed by atoms with Crippen LogP contribution in [0.4, 0.5) is 11.4 Å². The highest BCUT2D eigenvalue weighted by Gasteiger charge is 2.16. The first-order chi connectivity index (χ1) is 17.2. The summed E-state index contributed by atoms with van der Waals surface area (Å²) in [6.07, 6.45) is 1.47. The number of carbonyl (C=O) groups excluding carboxylic acids is 2. The number of hydrogen-bond acceptors (Lipinski definition) is 5. The van der Waals surface area contributed by atoms with Gasteiger partial charge in [-0.15, -0.1) is 0 Å². The monoisotopic (exact) mass is 615 g/mol. The zero-order valence-corrected chi connectivity index (χ0v) is 22.7. The molecule has 0 atom stereocenters. The zero-order valence-electron chi connectivity index (χ0n) is 19.8. The van der Waals surface area contributed by atoms with E-state index in [1.165, 1.54) is 13.2 Å². The molecule has 184 valence electrons. The van der Waals surface area contributed by atoms with E-state index in [0.717, 1.165) is 11.1 Å². The molecule has 0 heterocycles. The molecule has 2 N–H and O–H groups in total. The maximum atomic E-state index is 12.7. The van der Waals surface area contributed by atoms with Crippen LogP contribution in [0.1, 0.15) is 16.7 Å². The average Bonchev–Trinajstić information content (AvgIpc) is 2.85. The van der Waals surface area contributed by atoms with E-state index < -0.39 is 5.91 Å². The summed E-state index contributed by atoms with van der Waals surface area (Å²) >= 11 is 8.15. The van der Waals surface area contributed by atoms with E-state index >= 15 is 0 Å². The molecular weight excluding hydrogens is 593 g/mol. The van der Waals surface area contributed by atoms with Gasteiger partial charge in [-0.05, 0) is 89.5 Å². The van der Waals surface area contributed by atoms with Crippen LogP contribution in [0, 0.1) is 28.7 Å². The maximum Gasteiger partial charge on any atom is 0.266 e. The fraction of sp³-hybridized carbons (Fsp3) is 0.148. The predicted molar refractivity (Wildman–Crippen MR) is 149 cm³/mol. The highest BCUT2D eigenvalue weighted by atomic mass is 127. The number of aryl methyl sites for hydroxylation is 2. The van der Waals surface area contributed by atoms with E-state index in [1.54, 1.807) is 36.4 Å². The van der Waals surface area contributed by atoms with Crippen molar-refractivity contribution in [2.24, 2.45) is 0 Å². The Morgan fingerprint density at radius 3 is 2.50 bits per heavy atom. The molecule has 0 saturated heterocycles. The molecule has 36 heavy (non-hydrogen) atoms. The lowest BCUT2D eigenvalue weighted by atomic mass is 10.1. The van der Waals surface area contributed by atoms with Gasteiger partial charge in [0, 0.05) is 16.4 Å². The third-order valence-corrected chi connectivity index (χ3v) is 6.33. The quantitative estimate of drug-likeness (QED) is 0.180. The van der Waals surface area contributed by atoms with Crippen LogP contribution in [0.5, 0.6) is 11.5 Å². The Kier molecular flexibility index (Phi) is 9.33. The first kappa shape index (κ1) is 27.0. The van der Waals surface area contributed by atoms with E-state index in [2.05, 4.69) is 10.6 Å². The topological polar surface area (TPSA) is 100 Å². The number of nitriles is 1. The predicted octanol–water partition coefficient (Wildman–Crippen LogP) is 6.13. The molecule has 0 aliphatic heterocycles. The summed E-state index contributed by atoms with van der Waals surface area (Å²) in [5, 5.41) is 15.6. The average molecular weight is 616 g/mol. The molecule has 0 saturated carbocycles. The van der Waals surface area contributed by atoms with Crippen molar-refractivity contribution in [1.29, 1.82) is 5.26 Å². The zero-order chi connectivity index (χ0) is 26.2. The van der Waals surface area contributed by atoms with Gasteiger partial charge >= 0.3 is 0 Å². The number of halogens is 2. The van der Waals surface area contributed by atoms with Crippen molar-refractivity contribution in [1.82, 2.24) is 0 Å². The summed E-state index contributed by atoms with van der Waals surface area (Å²) in [5.74, 6) is -0.156. The molecule has 3 rings (SSSR count). The van der Waals surface area contributed by atoms with Crippen molar-refractivity contribution in [3.05, 3.63) is 85.5 Å². The molecule has 0 aliphatic rings. The lowest BCUT2D eigenvalue weighted by molar-refractivity contribution is -0.118. The van der Waals surface area contributed by atoms with Gasteiger partial charge in [0.15, 0.2) is 18.1 Å². The van der Waals surface area contributed by atoms with Crippen molar-refractivity contribution in [3.63, 3.8) is 0 Å². The van der Waals surface area contributed by atoms with Crippen molar-refractivity contribution in [2.45, 2.75) is 13.8 Å². The molecule has 0 unspecified atom stereocenters. The highest BCUT2D eigenvalue weighted by Crippen LogP contribution is 2.35. The van der Waals surface area contributed by atoms with E-state index in [-0.39, 0.29) is 18.1 Å². The number of rotatable bonds is 8. The van der Waals surface area contributed by atoms with Crippen molar-refractivity contribution < 1.29 is 19.1 Å². The van der Waals surface area contributed by atoms with Gasteiger partial charge in [0.2, 0.25) is 0 Å². The molecular formula is C27H23ClIN3O4. The Hall–Kier alpha value is -3.55. The number of methoxy groups -OCH3 is 1. The largest absolute Gasteiger partial charge is 0.493 e. The summed E-state index contributed by atoms with van der Waals surface area (Å²) in [6, 6.07) is 17.9. The molecule has 0 bridgehead atoms. The van der Waals surface area contributed by atoms with Crippen molar-refractivity contribution >= 4 is 63.5 Å². The minimum atomic E-state index is -0.519. The Balaban J connectivity index is 1.74. The van der Waals surface area contributed by atoms with Crippen LogP contribution in [-0.2, 0) is 9.59 Å². The standard InChI is InChI=1S/C27H23ClIN3O4/c1-16-8-9-20(13-21(16)28)31-25(33)15-36-26-22(29)11-18(12-24(26)35-3)10-19(14-30)27(34)32-23-7-5-4-6-17(23)2/h4-13H,15H2,1-3H3,(H,31,33)(H,32,34)/b19-10-. The molecule has 9 heteroatoms. The fourth-order valence-electron chi connectivity index (χ4n) is 3.19. The number of benzene rings is 3. The third kappa shape index (κ3) is 6.99. The van der Waals surface area contributed by atoms with Crippen LogP contribution in [0.15, 0.2) is 60.2 Å². The lowest BCUT2D eigenvalue weighted by Crippen LogP contribution is -2.20. The number of amides is 2. The van der Waals surface area contributed by atoms with Gasteiger partial charge in [-0.3, -0.25) is 9.59 Å². The molecule has 0 aromatic heterocycles. The van der Waals surface area contributed by atoms with Crippen LogP contribution < -0.4 is 20.1 Å². The number of ether oxygens (including phenoxy) is 2. The molecule has 0 aliphatic carbocycles. The van der Waals surface area contributed by atoms with Gasteiger partial charge in [-0.2, -0.15) is 5.26 Å². The molecule has 0 fully saturated rings. The van der Waals surface area contributed by atoms with E-state index in [1.807, 2.05) is 60.7 Å². The normalized spacial score (nSPS) is 10.8. The van der Waals surface area contributed by atoms with Gasteiger partial charge in [0.1, 0.15) is 11.6 Å². The van der Waals surface area contributed by atoms with Crippen LogP contribution >= 0.6 is 34.2 Å². The van der Waals surface area contributed by atoms with Crippen LogP contribution in [0.3, 0.4) is 0 Å². The number of nitrogens with zero attached hydrogens (tertiary/aromatic N) is 1. The molecule has 0 radical (unpaired) electrons. The van der Waals surface area contributed by atoms with Crippen LogP contribution in [-0.4, -0.2) is 25.5 Å². The summed E-state index contributed by atoms with van der Waals surface area (Å²) in [7, 11) is 1.47. The first-order valence-corrected chi connectivity index (χ1v) is 12.2. The molecule has 3 aromatic rings.